The molecule has 0 atom stereocenters. The van der Waals surface area contributed by atoms with Crippen LogP contribution in [0.3, 0.4) is 0 Å². The van der Waals surface area contributed by atoms with E-state index in [9.17, 15) is 0 Å². The third-order valence-electron chi connectivity index (χ3n) is 4.13. The highest BCUT2D eigenvalue weighted by Crippen LogP contribution is 2.36. The van der Waals surface area contributed by atoms with E-state index in [0.717, 1.165) is 19.3 Å². The predicted molar refractivity (Wildman–Crippen MR) is 84.0 cm³/mol. The van der Waals surface area contributed by atoms with Gasteiger partial charge in [0.2, 0.25) is 0 Å². The molecule has 0 amide bonds. The van der Waals surface area contributed by atoms with Crippen molar-refractivity contribution in [2.24, 2.45) is 0 Å². The molecule has 4 rings (SSSR count). The maximum atomic E-state index is 2.32. The highest BCUT2D eigenvalue weighted by molar-refractivity contribution is 6.01. The van der Waals surface area contributed by atoms with E-state index in [1.54, 1.807) is 0 Å². The molecule has 0 fully saturated rings. The Bertz CT molecular complexity index is 742. The van der Waals surface area contributed by atoms with Crippen molar-refractivity contribution in [3.63, 3.8) is 0 Å². The lowest BCUT2D eigenvalue weighted by Crippen LogP contribution is -2.01. The van der Waals surface area contributed by atoms with Crippen LogP contribution in [0.1, 0.15) is 35.1 Å². The molecule has 0 nitrogen and oxygen atoms in total. The molecule has 92 valence electrons. The van der Waals surface area contributed by atoms with Crippen molar-refractivity contribution >= 4 is 29.0 Å². The summed E-state index contributed by atoms with van der Waals surface area (Å²) < 4.78 is 0. The standard InChI is InChI=1S/C19H16/c1-2-8-14-15(9-3-1)17-11-5-7-13-19(17)18-12-6-4-10-16(14)18/h2-4,6-10,12-13H,1,5,11H2. The van der Waals surface area contributed by atoms with Gasteiger partial charge >= 0.3 is 0 Å². The first-order valence-electron chi connectivity index (χ1n) is 7.02. The molecule has 2 aromatic rings. The number of fused-ring (bicyclic) bond motifs is 6. The molecule has 0 spiro atoms. The van der Waals surface area contributed by atoms with E-state index in [1.807, 2.05) is 0 Å². The summed E-state index contributed by atoms with van der Waals surface area (Å²) in [5.41, 5.74) is 5.80. The average molecular weight is 244 g/mol. The Hall–Kier alpha value is -2.08. The lowest BCUT2D eigenvalue weighted by molar-refractivity contribution is 0.985. The lowest BCUT2D eigenvalue weighted by atomic mass is 9.84. The molecule has 2 aromatic carbocycles. The first-order valence-corrected chi connectivity index (χ1v) is 7.02. The van der Waals surface area contributed by atoms with Gasteiger partial charge in [-0.3, -0.25) is 0 Å². The van der Waals surface area contributed by atoms with Crippen molar-refractivity contribution in [3.8, 4) is 0 Å². The Morgan fingerprint density at radius 3 is 2.21 bits per heavy atom. The van der Waals surface area contributed by atoms with Gasteiger partial charge in [0.15, 0.2) is 0 Å². The van der Waals surface area contributed by atoms with Crippen molar-refractivity contribution in [2.45, 2.75) is 19.3 Å². The topological polar surface area (TPSA) is 0 Å². The van der Waals surface area contributed by atoms with E-state index in [4.69, 9.17) is 0 Å². The molecular formula is C19H16. The van der Waals surface area contributed by atoms with Gasteiger partial charge in [0.1, 0.15) is 0 Å². The van der Waals surface area contributed by atoms with Gasteiger partial charge in [-0.2, -0.15) is 0 Å². The monoisotopic (exact) mass is 244 g/mol. The molecule has 2 aliphatic carbocycles. The predicted octanol–water partition coefficient (Wildman–Crippen LogP) is 5.23. The third kappa shape index (κ3) is 1.60. The molecule has 2 aliphatic rings. The SMILES string of the molecule is C1=Cc2c3c(c4ccccc4c2C=CC1)C=CCC3. The van der Waals surface area contributed by atoms with Crippen LogP contribution in [-0.4, -0.2) is 0 Å². The van der Waals surface area contributed by atoms with E-state index in [0.29, 0.717) is 0 Å². The fourth-order valence-electron chi connectivity index (χ4n) is 3.28. The number of hydrogen-bond donors (Lipinski definition) is 0. The Labute approximate surface area is 113 Å². The highest BCUT2D eigenvalue weighted by atomic mass is 14.2. The smallest absolute Gasteiger partial charge is 0.00993 e. The first-order chi connectivity index (χ1) is 9.45. The van der Waals surface area contributed by atoms with Gasteiger partial charge in [0.25, 0.3) is 0 Å². The molecular weight excluding hydrogens is 228 g/mol. The van der Waals surface area contributed by atoms with Crippen LogP contribution in [0.2, 0.25) is 0 Å². The second kappa shape index (κ2) is 4.24. The van der Waals surface area contributed by atoms with E-state index >= 15 is 0 Å². The van der Waals surface area contributed by atoms with Gasteiger partial charge in [0, 0.05) is 0 Å². The summed E-state index contributed by atoms with van der Waals surface area (Å²) in [6, 6.07) is 8.80. The zero-order chi connectivity index (χ0) is 12.7. The molecule has 0 unspecified atom stereocenters. The van der Waals surface area contributed by atoms with Crippen molar-refractivity contribution in [2.75, 3.05) is 0 Å². The van der Waals surface area contributed by atoms with Gasteiger partial charge in [-0.1, -0.05) is 60.7 Å². The average Bonchev–Trinajstić information content (AvgIpc) is 2.73. The summed E-state index contributed by atoms with van der Waals surface area (Å²) in [5.74, 6) is 0. The van der Waals surface area contributed by atoms with Crippen molar-refractivity contribution in [1.29, 1.82) is 0 Å². The number of benzene rings is 2. The Balaban J connectivity index is 2.22. The molecule has 0 saturated carbocycles. The summed E-state index contributed by atoms with van der Waals surface area (Å²) in [6.45, 7) is 0. The third-order valence-corrected chi connectivity index (χ3v) is 4.13. The summed E-state index contributed by atoms with van der Waals surface area (Å²) in [5, 5.41) is 2.78. The normalized spacial score (nSPS) is 16.2. The molecule has 0 N–H and O–H groups in total. The first kappa shape index (κ1) is 10.8. The maximum absolute atomic E-state index is 2.32. The second-order valence-electron chi connectivity index (χ2n) is 5.25. The summed E-state index contributed by atoms with van der Waals surface area (Å²) in [4.78, 5) is 0. The van der Waals surface area contributed by atoms with Crippen LogP contribution in [0.4, 0.5) is 0 Å². The fourth-order valence-corrected chi connectivity index (χ4v) is 3.28. The van der Waals surface area contributed by atoms with Gasteiger partial charge < -0.3 is 0 Å². The van der Waals surface area contributed by atoms with E-state index < -0.39 is 0 Å². The quantitative estimate of drug-likeness (QED) is 0.595. The molecule has 0 heteroatoms. The Kier molecular flexibility index (Phi) is 2.41. The molecule has 19 heavy (non-hydrogen) atoms. The minimum absolute atomic E-state index is 1.04. The van der Waals surface area contributed by atoms with E-state index in [1.165, 1.54) is 33.0 Å². The fraction of sp³-hybridized carbons (Fsp3) is 0.158. The van der Waals surface area contributed by atoms with Crippen LogP contribution in [0, 0.1) is 0 Å². The summed E-state index contributed by atoms with van der Waals surface area (Å²) in [7, 11) is 0. The number of allylic oxidation sites excluding steroid dienone is 3. The Morgan fingerprint density at radius 2 is 1.37 bits per heavy atom. The van der Waals surface area contributed by atoms with Crippen LogP contribution in [0.15, 0.2) is 42.5 Å². The minimum Gasteiger partial charge on any atom is -0.0836 e. The molecule has 0 aromatic heterocycles. The largest absolute Gasteiger partial charge is 0.0836 e. The Morgan fingerprint density at radius 1 is 0.684 bits per heavy atom. The summed E-state index contributed by atoms with van der Waals surface area (Å²) >= 11 is 0. The van der Waals surface area contributed by atoms with Crippen LogP contribution < -0.4 is 0 Å². The zero-order valence-corrected chi connectivity index (χ0v) is 10.9. The second-order valence-corrected chi connectivity index (χ2v) is 5.25. The molecule has 0 heterocycles. The van der Waals surface area contributed by atoms with Crippen molar-refractivity contribution < 1.29 is 0 Å². The van der Waals surface area contributed by atoms with Gasteiger partial charge in [-0.15, -0.1) is 0 Å². The molecule has 0 bridgehead atoms. The van der Waals surface area contributed by atoms with Crippen LogP contribution in [0.5, 0.6) is 0 Å². The number of rotatable bonds is 0. The lowest BCUT2D eigenvalue weighted by Gasteiger charge is -2.19. The molecule has 0 aliphatic heterocycles. The van der Waals surface area contributed by atoms with Gasteiger partial charge in [-0.05, 0) is 52.3 Å². The highest BCUT2D eigenvalue weighted by Gasteiger charge is 2.16. The van der Waals surface area contributed by atoms with Crippen LogP contribution in [0.25, 0.3) is 29.0 Å². The van der Waals surface area contributed by atoms with E-state index in [2.05, 4.69) is 60.7 Å². The van der Waals surface area contributed by atoms with Gasteiger partial charge in [0.05, 0.1) is 0 Å². The minimum atomic E-state index is 1.04. The zero-order valence-electron chi connectivity index (χ0n) is 10.9. The molecule has 0 saturated heterocycles. The van der Waals surface area contributed by atoms with Crippen molar-refractivity contribution in [3.05, 3.63) is 64.7 Å². The van der Waals surface area contributed by atoms with Crippen LogP contribution in [-0.2, 0) is 6.42 Å². The number of hydrogen-bond acceptors (Lipinski definition) is 0. The maximum Gasteiger partial charge on any atom is -0.00993 e. The van der Waals surface area contributed by atoms with Crippen LogP contribution >= 0.6 is 0 Å². The van der Waals surface area contributed by atoms with E-state index in [-0.39, 0.29) is 0 Å². The summed E-state index contributed by atoms with van der Waals surface area (Å²) in [6.07, 6.45) is 17.1. The van der Waals surface area contributed by atoms with Gasteiger partial charge in [-0.25, -0.2) is 0 Å². The molecule has 0 radical (unpaired) electrons. The van der Waals surface area contributed by atoms with Crippen molar-refractivity contribution in [1.82, 2.24) is 0 Å².